The van der Waals surface area contributed by atoms with Gasteiger partial charge in [0.05, 0.1) is 12.7 Å². The third-order valence-corrected chi connectivity index (χ3v) is 6.44. The molecule has 3 aromatic carbocycles. The largest absolute Gasteiger partial charge is 0.467 e. The van der Waals surface area contributed by atoms with Crippen molar-refractivity contribution < 1.29 is 23.0 Å². The summed E-state index contributed by atoms with van der Waals surface area (Å²) in [6.45, 7) is 11.7. The summed E-state index contributed by atoms with van der Waals surface area (Å²) in [5, 5.41) is 3.28. The van der Waals surface area contributed by atoms with Crippen LogP contribution in [0.15, 0.2) is 36.4 Å². The van der Waals surface area contributed by atoms with Crippen molar-refractivity contribution in [2.45, 2.75) is 59.8 Å². The summed E-state index contributed by atoms with van der Waals surface area (Å²) in [5.41, 5.74) is 7.04. The van der Waals surface area contributed by atoms with E-state index in [0.717, 1.165) is 45.1 Å². The first-order valence-corrected chi connectivity index (χ1v) is 11.7. The maximum Gasteiger partial charge on any atom is 0.339 e. The smallest absolute Gasteiger partial charge is 0.339 e. The number of ether oxygens (including phenoxy) is 2. The van der Waals surface area contributed by atoms with Gasteiger partial charge in [-0.2, -0.15) is 0 Å². The fraction of sp³-hybridized carbons (Fsp3) is 0.345. The van der Waals surface area contributed by atoms with Crippen LogP contribution in [-0.2, 0) is 20.8 Å². The van der Waals surface area contributed by atoms with Crippen molar-refractivity contribution in [1.29, 1.82) is 0 Å². The van der Waals surface area contributed by atoms with E-state index in [-0.39, 0.29) is 12.1 Å². The third-order valence-electron chi connectivity index (χ3n) is 6.44. The van der Waals surface area contributed by atoms with E-state index in [1.54, 1.807) is 6.07 Å². The highest BCUT2D eigenvalue weighted by Crippen LogP contribution is 2.49. The fourth-order valence-corrected chi connectivity index (χ4v) is 4.86. The summed E-state index contributed by atoms with van der Waals surface area (Å²) < 4.78 is 40.2. The quantitative estimate of drug-likeness (QED) is 0.403. The molecular weight excluding hydrogens is 448 g/mol. The Kier molecular flexibility index (Phi) is 6.45. The zero-order valence-electron chi connectivity index (χ0n) is 21.2. The van der Waals surface area contributed by atoms with Crippen LogP contribution < -0.4 is 5.32 Å². The van der Waals surface area contributed by atoms with Crippen molar-refractivity contribution in [1.82, 2.24) is 0 Å². The van der Waals surface area contributed by atoms with E-state index in [9.17, 15) is 13.6 Å². The van der Waals surface area contributed by atoms with Crippen LogP contribution in [0.25, 0.3) is 22.3 Å². The van der Waals surface area contributed by atoms with Gasteiger partial charge in [-0.3, -0.25) is 0 Å². The maximum absolute atomic E-state index is 14.7. The number of carbonyl (C=O) groups is 1. The molecule has 0 radical (unpaired) electrons. The Labute approximate surface area is 205 Å². The highest BCUT2D eigenvalue weighted by molar-refractivity contribution is 5.96. The number of fused-ring (bicyclic) bond motifs is 3. The zero-order chi connectivity index (χ0) is 25.7. The fourth-order valence-electron chi connectivity index (χ4n) is 4.86. The first kappa shape index (κ1) is 24.9. The van der Waals surface area contributed by atoms with Gasteiger partial charge in [0.25, 0.3) is 0 Å². The Morgan fingerprint density at radius 3 is 2.23 bits per heavy atom. The lowest BCUT2D eigenvalue weighted by Crippen LogP contribution is -2.30. The summed E-state index contributed by atoms with van der Waals surface area (Å²) in [6.07, 6.45) is -0.978. The van der Waals surface area contributed by atoms with Gasteiger partial charge in [-0.25, -0.2) is 13.6 Å². The van der Waals surface area contributed by atoms with Gasteiger partial charge < -0.3 is 14.8 Å². The van der Waals surface area contributed by atoms with E-state index >= 15 is 0 Å². The van der Waals surface area contributed by atoms with Gasteiger partial charge in [0.1, 0.15) is 0 Å². The molecule has 0 fully saturated rings. The van der Waals surface area contributed by atoms with Crippen LogP contribution in [0, 0.1) is 32.4 Å². The van der Waals surface area contributed by atoms with E-state index in [1.807, 2.05) is 65.8 Å². The number of methoxy groups -OCH3 is 1. The third kappa shape index (κ3) is 4.43. The second-order valence-electron chi connectivity index (χ2n) is 10.0. The van der Waals surface area contributed by atoms with Gasteiger partial charge in [-0.15, -0.1) is 0 Å². The topological polar surface area (TPSA) is 47.6 Å². The van der Waals surface area contributed by atoms with Crippen LogP contribution in [0.5, 0.6) is 0 Å². The van der Waals surface area contributed by atoms with Crippen molar-refractivity contribution in [3.8, 4) is 22.3 Å². The van der Waals surface area contributed by atoms with E-state index in [4.69, 9.17) is 9.47 Å². The molecule has 0 bridgehead atoms. The molecule has 1 aliphatic heterocycles. The summed E-state index contributed by atoms with van der Waals surface area (Å²) in [6, 6.07) is 10.8. The first-order valence-electron chi connectivity index (χ1n) is 11.7. The van der Waals surface area contributed by atoms with Crippen molar-refractivity contribution in [3.63, 3.8) is 0 Å². The molecular formula is C29H31F2NO3. The summed E-state index contributed by atoms with van der Waals surface area (Å²) in [4.78, 5) is 13.1. The van der Waals surface area contributed by atoms with Gasteiger partial charge in [-0.05, 0) is 75.4 Å². The molecule has 0 aromatic heterocycles. The molecule has 184 valence electrons. The number of anilines is 1. The molecule has 1 heterocycles. The van der Waals surface area contributed by atoms with Crippen LogP contribution >= 0.6 is 0 Å². The van der Waals surface area contributed by atoms with Crippen molar-refractivity contribution >= 4 is 11.7 Å². The van der Waals surface area contributed by atoms with Gasteiger partial charge in [-0.1, -0.05) is 35.9 Å². The minimum Gasteiger partial charge on any atom is -0.467 e. The van der Waals surface area contributed by atoms with Crippen LogP contribution in [0.2, 0.25) is 0 Å². The number of halogens is 2. The van der Waals surface area contributed by atoms with Crippen LogP contribution in [0.3, 0.4) is 0 Å². The molecule has 6 heteroatoms. The van der Waals surface area contributed by atoms with Gasteiger partial charge in [0.15, 0.2) is 17.7 Å². The normalized spacial score (nSPS) is 13.5. The monoisotopic (exact) mass is 479 g/mol. The Morgan fingerprint density at radius 1 is 0.971 bits per heavy atom. The molecule has 4 nitrogen and oxygen atoms in total. The van der Waals surface area contributed by atoms with Gasteiger partial charge in [0.2, 0.25) is 0 Å². The predicted molar refractivity (Wildman–Crippen MR) is 134 cm³/mol. The number of benzene rings is 3. The summed E-state index contributed by atoms with van der Waals surface area (Å²) in [7, 11) is 1.35. The molecule has 0 amide bonds. The number of rotatable bonds is 4. The van der Waals surface area contributed by atoms with Crippen LogP contribution in [0.4, 0.5) is 14.5 Å². The van der Waals surface area contributed by atoms with Crippen molar-refractivity contribution in [2.75, 3.05) is 12.4 Å². The number of hydrogen-bond donors (Lipinski definition) is 1. The van der Waals surface area contributed by atoms with Crippen molar-refractivity contribution in [3.05, 3.63) is 75.8 Å². The molecule has 0 aliphatic carbocycles. The van der Waals surface area contributed by atoms with E-state index in [0.29, 0.717) is 11.1 Å². The number of aryl methyl sites for hydroxylation is 1. The second kappa shape index (κ2) is 9.08. The standard InChI is InChI=1S/C29H31F2NO3/c1-15-8-10-18(11-9-15)22-16(2)23-19-12-13-21(30)25(31)20(19)14-32-26(23)17(3)24(22)27(28(33)34-7)35-29(4,5)6/h8-13,27,32H,14H2,1-7H3. The number of esters is 1. The zero-order valence-corrected chi connectivity index (χ0v) is 21.2. The highest BCUT2D eigenvalue weighted by Gasteiger charge is 2.36. The molecule has 0 saturated heterocycles. The summed E-state index contributed by atoms with van der Waals surface area (Å²) in [5.74, 6) is -2.22. The average molecular weight is 480 g/mol. The minimum absolute atomic E-state index is 0.137. The van der Waals surface area contributed by atoms with E-state index in [1.165, 1.54) is 7.11 Å². The first-order chi connectivity index (χ1) is 16.4. The molecule has 1 N–H and O–H groups in total. The second-order valence-corrected chi connectivity index (χ2v) is 10.0. The number of hydrogen-bond acceptors (Lipinski definition) is 4. The number of nitrogens with one attached hydrogen (secondary N) is 1. The molecule has 0 saturated carbocycles. The van der Waals surface area contributed by atoms with Gasteiger partial charge in [0, 0.05) is 28.9 Å². The van der Waals surface area contributed by atoms with Gasteiger partial charge >= 0.3 is 5.97 Å². The van der Waals surface area contributed by atoms with Crippen LogP contribution in [-0.4, -0.2) is 18.7 Å². The lowest BCUT2D eigenvalue weighted by molar-refractivity contribution is -0.164. The van der Waals surface area contributed by atoms with Crippen LogP contribution in [0.1, 0.15) is 54.7 Å². The molecule has 1 atom stereocenters. The average Bonchev–Trinajstić information content (AvgIpc) is 2.81. The molecule has 3 aromatic rings. The highest BCUT2D eigenvalue weighted by atomic mass is 19.2. The minimum atomic E-state index is -0.978. The predicted octanol–water partition coefficient (Wildman–Crippen LogP) is 7.18. The lowest BCUT2D eigenvalue weighted by atomic mass is 9.80. The van der Waals surface area contributed by atoms with E-state index < -0.39 is 29.3 Å². The number of carbonyl (C=O) groups excluding carboxylic acids is 1. The molecule has 0 spiro atoms. The van der Waals surface area contributed by atoms with Crippen molar-refractivity contribution in [2.24, 2.45) is 0 Å². The molecule has 1 unspecified atom stereocenters. The SMILES string of the molecule is COC(=O)C(OC(C)(C)C)c1c(C)c2c(c(C)c1-c1ccc(C)cc1)-c1ccc(F)c(F)c1CN2. The molecule has 1 aliphatic rings. The molecule has 4 rings (SSSR count). The Bertz CT molecular complexity index is 1310. The Balaban J connectivity index is 2.11. The Hall–Kier alpha value is -3.25. The molecule has 35 heavy (non-hydrogen) atoms. The van der Waals surface area contributed by atoms with E-state index in [2.05, 4.69) is 5.32 Å². The Morgan fingerprint density at radius 2 is 1.63 bits per heavy atom. The maximum atomic E-state index is 14.7. The lowest BCUT2D eigenvalue weighted by Gasteiger charge is -2.33. The summed E-state index contributed by atoms with van der Waals surface area (Å²) >= 11 is 0.